The highest BCUT2D eigenvalue weighted by Gasteiger charge is 2.31. The van der Waals surface area contributed by atoms with Crippen molar-refractivity contribution in [3.8, 4) is 0 Å². The Labute approximate surface area is 118 Å². The summed E-state index contributed by atoms with van der Waals surface area (Å²) in [5, 5.41) is 0. The van der Waals surface area contributed by atoms with Gasteiger partial charge in [0.1, 0.15) is 4.90 Å². The minimum absolute atomic E-state index is 0.0824. The van der Waals surface area contributed by atoms with E-state index in [0.29, 0.717) is 37.7 Å². The number of nitrogens with zero attached hydrogens (tertiary/aromatic N) is 1. The number of benzene rings is 1. The summed E-state index contributed by atoms with van der Waals surface area (Å²) in [6, 6.07) is 5.12. The summed E-state index contributed by atoms with van der Waals surface area (Å²) in [5.41, 5.74) is 7.11. The first-order chi connectivity index (χ1) is 9.58. The molecular formula is C13H19N3O3S. The van der Waals surface area contributed by atoms with Gasteiger partial charge in [0.25, 0.3) is 0 Å². The molecule has 1 aliphatic heterocycles. The van der Waals surface area contributed by atoms with E-state index in [2.05, 4.69) is 4.72 Å². The Morgan fingerprint density at radius 2 is 1.95 bits per heavy atom. The number of nitrogen functional groups attached to an aromatic ring is 1. The third kappa shape index (κ3) is 2.74. The van der Waals surface area contributed by atoms with Crippen LogP contribution in [-0.2, 0) is 14.8 Å². The van der Waals surface area contributed by atoms with Crippen LogP contribution in [0.25, 0.3) is 0 Å². The molecule has 1 saturated carbocycles. The molecule has 0 radical (unpaired) electrons. The molecule has 7 heteroatoms. The fourth-order valence-corrected chi connectivity index (χ4v) is 3.93. The molecule has 1 heterocycles. The fourth-order valence-electron chi connectivity index (χ4n) is 2.37. The lowest BCUT2D eigenvalue weighted by Crippen LogP contribution is -2.38. The number of hydrogen-bond donors (Lipinski definition) is 2. The summed E-state index contributed by atoms with van der Waals surface area (Å²) >= 11 is 0. The zero-order valence-corrected chi connectivity index (χ0v) is 12.0. The van der Waals surface area contributed by atoms with Crippen LogP contribution in [0.4, 0.5) is 11.4 Å². The number of sulfonamides is 1. The number of nitrogens with two attached hydrogens (primary N) is 1. The van der Waals surface area contributed by atoms with Gasteiger partial charge in [-0.1, -0.05) is 6.07 Å². The first kappa shape index (κ1) is 13.7. The molecule has 0 unspecified atom stereocenters. The van der Waals surface area contributed by atoms with Gasteiger partial charge in [-0.25, -0.2) is 13.1 Å². The van der Waals surface area contributed by atoms with Gasteiger partial charge in [-0.15, -0.1) is 0 Å². The van der Waals surface area contributed by atoms with Crippen LogP contribution in [0.5, 0.6) is 0 Å². The topological polar surface area (TPSA) is 84.7 Å². The van der Waals surface area contributed by atoms with Gasteiger partial charge in [-0.2, -0.15) is 0 Å². The summed E-state index contributed by atoms with van der Waals surface area (Å²) < 4.78 is 33.0. The molecule has 6 nitrogen and oxygen atoms in total. The molecule has 1 saturated heterocycles. The average molecular weight is 297 g/mol. The molecule has 0 atom stereocenters. The van der Waals surface area contributed by atoms with E-state index in [4.69, 9.17) is 10.5 Å². The van der Waals surface area contributed by atoms with E-state index in [9.17, 15) is 8.42 Å². The highest BCUT2D eigenvalue weighted by molar-refractivity contribution is 7.89. The molecule has 3 rings (SSSR count). The second-order valence-electron chi connectivity index (χ2n) is 5.19. The van der Waals surface area contributed by atoms with Crippen LogP contribution in [-0.4, -0.2) is 40.8 Å². The molecule has 1 aromatic rings. The number of para-hydroxylation sites is 1. The number of rotatable bonds is 4. The molecule has 20 heavy (non-hydrogen) atoms. The number of anilines is 2. The third-order valence-electron chi connectivity index (χ3n) is 3.55. The number of hydrogen-bond acceptors (Lipinski definition) is 5. The van der Waals surface area contributed by atoms with E-state index in [0.717, 1.165) is 12.8 Å². The van der Waals surface area contributed by atoms with Crippen molar-refractivity contribution in [1.82, 2.24) is 4.72 Å². The molecule has 3 N–H and O–H groups in total. The van der Waals surface area contributed by atoms with E-state index in [1.54, 1.807) is 18.2 Å². The molecule has 110 valence electrons. The first-order valence-corrected chi connectivity index (χ1v) is 8.30. The highest BCUT2D eigenvalue weighted by Crippen LogP contribution is 2.33. The molecule has 1 aromatic carbocycles. The van der Waals surface area contributed by atoms with Gasteiger partial charge in [0.05, 0.1) is 24.6 Å². The SMILES string of the molecule is Nc1cccc(S(=O)(=O)NC2CC2)c1N1CCOCC1. The van der Waals surface area contributed by atoms with Crippen LogP contribution >= 0.6 is 0 Å². The van der Waals surface area contributed by atoms with E-state index >= 15 is 0 Å². The van der Waals surface area contributed by atoms with Crippen LogP contribution in [0.15, 0.2) is 23.1 Å². The number of nitrogens with one attached hydrogen (secondary N) is 1. The number of ether oxygens (including phenoxy) is 1. The lowest BCUT2D eigenvalue weighted by Gasteiger charge is -2.31. The monoisotopic (exact) mass is 297 g/mol. The maximum Gasteiger partial charge on any atom is 0.242 e. The Morgan fingerprint density at radius 3 is 2.60 bits per heavy atom. The van der Waals surface area contributed by atoms with Gasteiger partial charge in [0, 0.05) is 19.1 Å². The third-order valence-corrected chi connectivity index (χ3v) is 5.10. The highest BCUT2D eigenvalue weighted by atomic mass is 32.2. The normalized spacial score (nSPS) is 20.1. The standard InChI is InChI=1S/C13H19N3O3S/c14-11-2-1-3-12(20(17,18)15-10-4-5-10)13(11)16-6-8-19-9-7-16/h1-3,10,15H,4-9,14H2. The largest absolute Gasteiger partial charge is 0.397 e. The van der Waals surface area contributed by atoms with Gasteiger partial charge >= 0.3 is 0 Å². The lowest BCUT2D eigenvalue weighted by molar-refractivity contribution is 0.122. The Hall–Kier alpha value is -1.31. The second kappa shape index (κ2) is 5.23. The zero-order valence-electron chi connectivity index (χ0n) is 11.2. The van der Waals surface area contributed by atoms with Crippen molar-refractivity contribution in [3.63, 3.8) is 0 Å². The molecule has 2 aliphatic rings. The van der Waals surface area contributed by atoms with Gasteiger partial charge in [0.2, 0.25) is 10.0 Å². The maximum absolute atomic E-state index is 12.5. The van der Waals surface area contributed by atoms with Crippen molar-refractivity contribution in [2.75, 3.05) is 36.9 Å². The first-order valence-electron chi connectivity index (χ1n) is 6.81. The lowest BCUT2D eigenvalue weighted by atomic mass is 10.2. The maximum atomic E-state index is 12.5. The molecule has 0 bridgehead atoms. The van der Waals surface area contributed by atoms with Crippen LogP contribution in [0.3, 0.4) is 0 Å². The van der Waals surface area contributed by atoms with Gasteiger partial charge in [-0.3, -0.25) is 0 Å². The zero-order chi connectivity index (χ0) is 14.2. The van der Waals surface area contributed by atoms with E-state index in [-0.39, 0.29) is 10.9 Å². The summed E-state index contributed by atoms with van der Waals surface area (Å²) in [7, 11) is -3.51. The predicted octanol–water partition coefficient (Wildman–Crippen LogP) is 0.546. The van der Waals surface area contributed by atoms with Crippen LogP contribution in [0.2, 0.25) is 0 Å². The minimum atomic E-state index is -3.51. The van der Waals surface area contributed by atoms with E-state index in [1.165, 1.54) is 0 Å². The summed E-state index contributed by atoms with van der Waals surface area (Å²) in [4.78, 5) is 2.26. The van der Waals surface area contributed by atoms with Crippen molar-refractivity contribution in [1.29, 1.82) is 0 Å². The summed E-state index contributed by atoms with van der Waals surface area (Å²) in [6.45, 7) is 2.48. The Morgan fingerprint density at radius 1 is 1.25 bits per heavy atom. The van der Waals surface area contributed by atoms with Crippen molar-refractivity contribution in [2.24, 2.45) is 0 Å². The summed E-state index contributed by atoms with van der Waals surface area (Å²) in [6.07, 6.45) is 1.82. The Bertz CT molecular complexity index is 593. The van der Waals surface area contributed by atoms with Crippen LogP contribution in [0.1, 0.15) is 12.8 Å². The van der Waals surface area contributed by atoms with Crippen molar-refractivity contribution in [3.05, 3.63) is 18.2 Å². The molecular weight excluding hydrogens is 278 g/mol. The summed E-state index contributed by atoms with van der Waals surface area (Å²) in [5.74, 6) is 0. The average Bonchev–Trinajstić information content (AvgIpc) is 3.22. The Kier molecular flexibility index (Phi) is 3.57. The minimum Gasteiger partial charge on any atom is -0.397 e. The van der Waals surface area contributed by atoms with Gasteiger partial charge in [-0.05, 0) is 25.0 Å². The molecule has 0 spiro atoms. The number of morpholine rings is 1. The molecule has 0 amide bonds. The second-order valence-corrected chi connectivity index (χ2v) is 6.87. The smallest absolute Gasteiger partial charge is 0.242 e. The van der Waals surface area contributed by atoms with Crippen molar-refractivity contribution in [2.45, 2.75) is 23.8 Å². The molecule has 2 fully saturated rings. The van der Waals surface area contributed by atoms with Gasteiger partial charge < -0.3 is 15.4 Å². The van der Waals surface area contributed by atoms with Crippen molar-refractivity contribution >= 4 is 21.4 Å². The Balaban J connectivity index is 1.99. The molecule has 0 aromatic heterocycles. The fraction of sp³-hybridized carbons (Fsp3) is 0.538. The predicted molar refractivity (Wildman–Crippen MR) is 77.2 cm³/mol. The van der Waals surface area contributed by atoms with Crippen molar-refractivity contribution < 1.29 is 13.2 Å². The van der Waals surface area contributed by atoms with Crippen LogP contribution in [0, 0.1) is 0 Å². The molecule has 1 aliphatic carbocycles. The van der Waals surface area contributed by atoms with E-state index < -0.39 is 10.0 Å². The quantitative estimate of drug-likeness (QED) is 0.793. The van der Waals surface area contributed by atoms with Gasteiger partial charge in [0.15, 0.2) is 0 Å². The van der Waals surface area contributed by atoms with Crippen LogP contribution < -0.4 is 15.4 Å². The van der Waals surface area contributed by atoms with E-state index in [1.807, 2.05) is 4.90 Å².